The van der Waals surface area contributed by atoms with Gasteiger partial charge in [0.1, 0.15) is 35.5 Å². The average molecular weight is 436 g/mol. The van der Waals surface area contributed by atoms with Crippen LogP contribution in [0.5, 0.6) is 5.75 Å². The Morgan fingerprint density at radius 2 is 1.80 bits per heavy atom. The van der Waals surface area contributed by atoms with Gasteiger partial charge in [0.2, 0.25) is 0 Å². The first kappa shape index (κ1) is 21.6. The molecule has 0 amide bonds. The highest BCUT2D eigenvalue weighted by atomic mass is 35.5. The lowest BCUT2D eigenvalue weighted by molar-refractivity contribution is 0.0519. The molecule has 0 unspecified atom stereocenters. The fourth-order valence-corrected chi connectivity index (χ4v) is 2.97. The zero-order valence-corrected chi connectivity index (χ0v) is 16.7. The molecule has 3 aromatic rings. The Labute approximate surface area is 176 Å². The molecule has 0 radical (unpaired) electrons. The molecule has 156 valence electrons. The zero-order valence-electron chi connectivity index (χ0n) is 15.9. The van der Waals surface area contributed by atoms with Gasteiger partial charge in [-0.15, -0.1) is 0 Å². The topological polar surface area (TPSA) is 48.4 Å². The molecule has 2 aromatic carbocycles. The van der Waals surface area contributed by atoms with Gasteiger partial charge in [0.15, 0.2) is 0 Å². The van der Waals surface area contributed by atoms with E-state index in [0.29, 0.717) is 34.2 Å². The molecular formula is C22H17ClF3NO3. The summed E-state index contributed by atoms with van der Waals surface area (Å²) in [5.74, 6) is -3.29. The number of rotatable bonds is 7. The fourth-order valence-electron chi connectivity index (χ4n) is 2.78. The predicted octanol–water partition coefficient (Wildman–Crippen LogP) is 5.50. The van der Waals surface area contributed by atoms with Crippen LogP contribution in [0, 0.1) is 17.5 Å². The Morgan fingerprint density at radius 3 is 2.50 bits per heavy atom. The van der Waals surface area contributed by atoms with Gasteiger partial charge in [0.05, 0.1) is 12.2 Å². The second-order valence-corrected chi connectivity index (χ2v) is 6.74. The monoisotopic (exact) mass is 435 g/mol. The van der Waals surface area contributed by atoms with Crippen LogP contribution in [0.2, 0.25) is 5.02 Å². The third-order valence-electron chi connectivity index (χ3n) is 4.16. The van der Waals surface area contributed by atoms with Crippen LogP contribution in [0.3, 0.4) is 0 Å². The number of nitrogens with zero attached hydrogens (tertiary/aromatic N) is 1. The lowest BCUT2D eigenvalue weighted by atomic mass is 10.1. The maximum Gasteiger partial charge on any atom is 0.356 e. The zero-order chi connectivity index (χ0) is 21.7. The highest BCUT2D eigenvalue weighted by molar-refractivity contribution is 6.30. The van der Waals surface area contributed by atoms with Crippen molar-refractivity contribution < 1.29 is 27.4 Å². The van der Waals surface area contributed by atoms with Gasteiger partial charge < -0.3 is 9.47 Å². The Morgan fingerprint density at radius 1 is 1.07 bits per heavy atom. The molecule has 0 bridgehead atoms. The van der Waals surface area contributed by atoms with E-state index in [1.807, 2.05) is 0 Å². The Bertz CT molecular complexity index is 1050. The molecule has 4 nitrogen and oxygen atoms in total. The van der Waals surface area contributed by atoms with Gasteiger partial charge in [-0.2, -0.15) is 0 Å². The first-order chi connectivity index (χ1) is 14.4. The van der Waals surface area contributed by atoms with Crippen molar-refractivity contribution in [2.24, 2.45) is 0 Å². The predicted molar refractivity (Wildman–Crippen MR) is 105 cm³/mol. The summed E-state index contributed by atoms with van der Waals surface area (Å²) in [7, 11) is 0. The van der Waals surface area contributed by atoms with Crippen molar-refractivity contribution in [1.82, 2.24) is 4.98 Å². The van der Waals surface area contributed by atoms with Gasteiger partial charge in [0, 0.05) is 34.8 Å². The first-order valence-corrected chi connectivity index (χ1v) is 9.43. The molecule has 0 fully saturated rings. The molecule has 8 heteroatoms. The van der Waals surface area contributed by atoms with E-state index in [-0.39, 0.29) is 24.3 Å². The molecule has 0 aliphatic rings. The van der Waals surface area contributed by atoms with Crippen LogP contribution < -0.4 is 4.74 Å². The summed E-state index contributed by atoms with van der Waals surface area (Å²) in [4.78, 5) is 16.2. The van der Waals surface area contributed by atoms with Crippen molar-refractivity contribution in [2.75, 3.05) is 6.61 Å². The maximum absolute atomic E-state index is 13.9. The van der Waals surface area contributed by atoms with E-state index in [2.05, 4.69) is 4.98 Å². The quantitative estimate of drug-likeness (QED) is 0.460. The largest absolute Gasteiger partial charge is 0.488 e. The van der Waals surface area contributed by atoms with Crippen LogP contribution in [-0.2, 0) is 17.8 Å². The lowest BCUT2D eigenvalue weighted by Crippen LogP contribution is -2.09. The minimum absolute atomic E-state index is 0.161. The lowest BCUT2D eigenvalue weighted by Gasteiger charge is -2.13. The molecule has 0 aliphatic carbocycles. The number of carbonyl (C=O) groups excluding carboxylic acids is 1. The van der Waals surface area contributed by atoms with Crippen molar-refractivity contribution >= 4 is 17.6 Å². The number of benzene rings is 2. The van der Waals surface area contributed by atoms with E-state index >= 15 is 0 Å². The van der Waals surface area contributed by atoms with E-state index in [0.717, 1.165) is 0 Å². The summed E-state index contributed by atoms with van der Waals surface area (Å²) in [6, 6.07) is 10.9. The average Bonchev–Trinajstić information content (AvgIpc) is 2.69. The van der Waals surface area contributed by atoms with Crippen LogP contribution >= 0.6 is 11.6 Å². The van der Waals surface area contributed by atoms with E-state index in [9.17, 15) is 18.0 Å². The van der Waals surface area contributed by atoms with Crippen molar-refractivity contribution in [3.8, 4) is 5.75 Å². The van der Waals surface area contributed by atoms with Gasteiger partial charge in [-0.25, -0.2) is 22.9 Å². The number of pyridine rings is 1. The van der Waals surface area contributed by atoms with Crippen LogP contribution in [0.15, 0.2) is 48.5 Å². The summed E-state index contributed by atoms with van der Waals surface area (Å²) >= 11 is 6.08. The molecule has 0 saturated carbocycles. The number of ether oxygens (including phenoxy) is 2. The summed E-state index contributed by atoms with van der Waals surface area (Å²) < 4.78 is 51.4. The molecule has 3 rings (SSSR count). The van der Waals surface area contributed by atoms with Crippen LogP contribution in [0.1, 0.15) is 34.2 Å². The number of halogens is 4. The van der Waals surface area contributed by atoms with Gasteiger partial charge in [-0.05, 0) is 37.3 Å². The van der Waals surface area contributed by atoms with Crippen molar-refractivity contribution in [2.45, 2.75) is 20.0 Å². The summed E-state index contributed by atoms with van der Waals surface area (Å²) in [5.41, 5.74) is 0.916. The van der Waals surface area contributed by atoms with Crippen LogP contribution in [0.4, 0.5) is 13.2 Å². The molecule has 1 aromatic heterocycles. The molecule has 0 saturated heterocycles. The second kappa shape index (κ2) is 9.63. The number of esters is 1. The molecular weight excluding hydrogens is 419 g/mol. The molecule has 0 spiro atoms. The van der Waals surface area contributed by atoms with E-state index in [1.54, 1.807) is 37.3 Å². The van der Waals surface area contributed by atoms with E-state index < -0.39 is 30.0 Å². The first-order valence-electron chi connectivity index (χ1n) is 9.05. The molecule has 0 N–H and O–H groups in total. The maximum atomic E-state index is 13.9. The van der Waals surface area contributed by atoms with Gasteiger partial charge in [-0.3, -0.25) is 0 Å². The number of aromatic nitrogens is 1. The minimum atomic E-state index is -1.04. The molecule has 0 aliphatic heterocycles. The summed E-state index contributed by atoms with van der Waals surface area (Å²) in [6.45, 7) is 1.49. The van der Waals surface area contributed by atoms with Crippen LogP contribution in [-0.4, -0.2) is 17.6 Å². The highest BCUT2D eigenvalue weighted by Gasteiger charge is 2.15. The Hall–Kier alpha value is -3.06. The number of carbonyl (C=O) groups is 1. The number of hydrogen-bond donors (Lipinski definition) is 0. The molecule has 0 atom stereocenters. The molecule has 30 heavy (non-hydrogen) atoms. The smallest absolute Gasteiger partial charge is 0.356 e. The minimum Gasteiger partial charge on any atom is -0.488 e. The highest BCUT2D eigenvalue weighted by Crippen LogP contribution is 2.27. The second-order valence-electron chi connectivity index (χ2n) is 6.30. The number of hydrogen-bond acceptors (Lipinski definition) is 4. The third-order valence-corrected chi connectivity index (χ3v) is 4.40. The van der Waals surface area contributed by atoms with Crippen molar-refractivity contribution in [3.63, 3.8) is 0 Å². The van der Waals surface area contributed by atoms with Crippen LogP contribution in [0.25, 0.3) is 0 Å². The van der Waals surface area contributed by atoms with Gasteiger partial charge in [0.25, 0.3) is 0 Å². The Balaban J connectivity index is 1.83. The van der Waals surface area contributed by atoms with Gasteiger partial charge >= 0.3 is 5.97 Å². The standard InChI is InChI=1S/C22H17ClF3NO3/c1-2-29-22(28)20-5-3-4-16(27-20)9-13-8-14(23)6-7-21(13)30-12-17-18(25)10-15(24)11-19(17)26/h3-8,10-11H,2,9,12H2,1H3. The van der Waals surface area contributed by atoms with E-state index in [4.69, 9.17) is 21.1 Å². The fraction of sp³-hybridized carbons (Fsp3) is 0.182. The third kappa shape index (κ3) is 5.30. The van der Waals surface area contributed by atoms with E-state index in [1.165, 1.54) is 6.07 Å². The Kier molecular flexibility index (Phi) is 6.95. The molecule has 1 heterocycles. The van der Waals surface area contributed by atoms with Crippen molar-refractivity contribution in [3.05, 3.63) is 93.5 Å². The summed E-state index contributed by atoms with van der Waals surface area (Å²) in [5, 5.41) is 0.429. The SMILES string of the molecule is CCOC(=O)c1cccc(Cc2cc(Cl)ccc2OCc2c(F)cc(F)cc2F)n1. The normalized spacial score (nSPS) is 10.7. The van der Waals surface area contributed by atoms with Crippen molar-refractivity contribution in [1.29, 1.82) is 0 Å². The summed E-state index contributed by atoms with van der Waals surface area (Å²) in [6.07, 6.45) is 0.248. The van der Waals surface area contributed by atoms with Gasteiger partial charge in [-0.1, -0.05) is 17.7 Å².